The minimum Gasteiger partial charge on any atom is -0.497 e. The Balaban J connectivity index is 1.57. The van der Waals surface area contributed by atoms with Gasteiger partial charge in [0.25, 0.3) is 0 Å². The molecule has 7 nitrogen and oxygen atoms in total. The summed E-state index contributed by atoms with van der Waals surface area (Å²) in [5, 5.41) is 12.7. The maximum absolute atomic E-state index is 12.5. The highest BCUT2D eigenvalue weighted by molar-refractivity contribution is 7.99. The second-order valence-corrected chi connectivity index (χ2v) is 8.13. The molecule has 0 spiro atoms. The van der Waals surface area contributed by atoms with Crippen LogP contribution in [0.2, 0.25) is 10.0 Å². The number of hydrogen-bond acceptors (Lipinski definition) is 6. The third kappa shape index (κ3) is 5.04. The maximum atomic E-state index is 12.5. The topological polar surface area (TPSA) is 82.2 Å². The van der Waals surface area contributed by atoms with Crippen LogP contribution < -0.4 is 10.1 Å². The molecule has 0 bridgehead atoms. The van der Waals surface area contributed by atoms with Gasteiger partial charge in [-0.1, -0.05) is 35.0 Å². The van der Waals surface area contributed by atoms with Gasteiger partial charge in [0.1, 0.15) is 5.75 Å². The van der Waals surface area contributed by atoms with E-state index in [0.717, 1.165) is 11.4 Å². The van der Waals surface area contributed by atoms with Crippen molar-refractivity contribution in [2.24, 2.45) is 0 Å². The number of nitrogens with zero attached hydrogens (tertiary/aromatic N) is 3. The summed E-state index contributed by atoms with van der Waals surface area (Å²) in [5.41, 5.74) is 1.33. The molecule has 4 aromatic rings. The summed E-state index contributed by atoms with van der Waals surface area (Å²) in [7, 11) is 1.61. The smallest absolute Gasteiger partial charge is 0.234 e. The van der Waals surface area contributed by atoms with Crippen LogP contribution in [-0.2, 0) is 4.79 Å². The monoisotopic (exact) mass is 474 g/mol. The lowest BCUT2D eigenvalue weighted by molar-refractivity contribution is -0.113. The molecular weight excluding hydrogens is 459 g/mol. The van der Waals surface area contributed by atoms with E-state index in [1.807, 2.05) is 28.8 Å². The van der Waals surface area contributed by atoms with Gasteiger partial charge >= 0.3 is 0 Å². The first-order chi connectivity index (χ1) is 15.0. The van der Waals surface area contributed by atoms with Crippen LogP contribution in [0.1, 0.15) is 0 Å². The minimum absolute atomic E-state index is 0.108. The van der Waals surface area contributed by atoms with Gasteiger partial charge in [0, 0.05) is 15.7 Å². The Kier molecular flexibility index (Phi) is 6.50. The molecule has 10 heteroatoms. The van der Waals surface area contributed by atoms with Gasteiger partial charge in [0.2, 0.25) is 11.7 Å². The van der Waals surface area contributed by atoms with E-state index in [0.29, 0.717) is 32.5 Å². The molecule has 0 saturated carbocycles. The summed E-state index contributed by atoms with van der Waals surface area (Å²) in [4.78, 5) is 12.5. The molecule has 1 amide bonds. The number of aromatic nitrogens is 3. The standard InChI is InChI=1S/C21H16Cl2N4O3S/c1-29-17-6-4-16(5-7-17)27-20(18-3-2-8-30-18)25-26-21(27)31-12-19(28)24-15-10-13(22)9-14(23)11-15/h2-11H,12H2,1H3,(H,24,28). The van der Waals surface area contributed by atoms with Gasteiger partial charge in [0.15, 0.2) is 10.9 Å². The van der Waals surface area contributed by atoms with Crippen molar-refractivity contribution in [2.75, 3.05) is 18.2 Å². The SMILES string of the molecule is COc1ccc(-n2c(SCC(=O)Nc3cc(Cl)cc(Cl)c3)nnc2-c2ccco2)cc1. The van der Waals surface area contributed by atoms with Gasteiger partial charge in [-0.2, -0.15) is 0 Å². The average molecular weight is 475 g/mol. The first-order valence-corrected chi connectivity index (χ1v) is 10.8. The molecule has 0 aliphatic heterocycles. The highest BCUT2D eigenvalue weighted by Gasteiger charge is 2.19. The van der Waals surface area contributed by atoms with E-state index in [-0.39, 0.29) is 11.7 Å². The molecule has 4 rings (SSSR count). The first kappa shape index (κ1) is 21.3. The number of carbonyl (C=O) groups is 1. The molecule has 0 fully saturated rings. The Morgan fingerprint density at radius 2 is 1.87 bits per heavy atom. The number of thioether (sulfide) groups is 1. The van der Waals surface area contributed by atoms with Crippen molar-refractivity contribution in [3.05, 3.63) is 70.9 Å². The molecule has 2 aromatic carbocycles. The van der Waals surface area contributed by atoms with Gasteiger partial charge in [-0.3, -0.25) is 9.36 Å². The fourth-order valence-electron chi connectivity index (χ4n) is 2.85. The van der Waals surface area contributed by atoms with Crippen molar-refractivity contribution in [1.82, 2.24) is 14.8 Å². The molecule has 0 atom stereocenters. The molecule has 0 aliphatic carbocycles. The summed E-state index contributed by atoms with van der Waals surface area (Å²) in [6.07, 6.45) is 1.57. The molecule has 158 valence electrons. The van der Waals surface area contributed by atoms with E-state index >= 15 is 0 Å². The normalized spacial score (nSPS) is 10.8. The van der Waals surface area contributed by atoms with Crippen LogP contribution in [-0.4, -0.2) is 33.5 Å². The van der Waals surface area contributed by atoms with Crippen molar-refractivity contribution in [3.8, 4) is 23.0 Å². The van der Waals surface area contributed by atoms with Crippen molar-refractivity contribution in [1.29, 1.82) is 0 Å². The zero-order valence-electron chi connectivity index (χ0n) is 16.2. The highest BCUT2D eigenvalue weighted by Crippen LogP contribution is 2.29. The lowest BCUT2D eigenvalue weighted by Gasteiger charge is -2.10. The Morgan fingerprint density at radius 3 is 2.52 bits per heavy atom. The molecular formula is C21H16Cl2N4O3S. The third-order valence-electron chi connectivity index (χ3n) is 4.18. The van der Waals surface area contributed by atoms with Gasteiger partial charge in [0.05, 0.1) is 24.8 Å². The molecule has 0 saturated heterocycles. The van der Waals surface area contributed by atoms with Crippen molar-refractivity contribution < 1.29 is 13.9 Å². The second-order valence-electron chi connectivity index (χ2n) is 6.31. The van der Waals surface area contributed by atoms with Gasteiger partial charge in [-0.25, -0.2) is 0 Å². The van der Waals surface area contributed by atoms with Gasteiger partial charge in [-0.05, 0) is 54.6 Å². The Bertz CT molecular complexity index is 1170. The number of halogens is 2. The molecule has 2 heterocycles. The quantitative estimate of drug-likeness (QED) is 0.352. The second kappa shape index (κ2) is 9.47. The highest BCUT2D eigenvalue weighted by atomic mass is 35.5. The average Bonchev–Trinajstić information content (AvgIpc) is 3.41. The Labute approximate surface area is 192 Å². The number of methoxy groups -OCH3 is 1. The van der Waals surface area contributed by atoms with Crippen LogP contribution in [0, 0.1) is 0 Å². The predicted octanol–water partition coefficient (Wildman–Crippen LogP) is 5.57. The van der Waals surface area contributed by atoms with E-state index < -0.39 is 0 Å². The zero-order chi connectivity index (χ0) is 21.8. The molecule has 31 heavy (non-hydrogen) atoms. The number of nitrogens with one attached hydrogen (secondary N) is 1. The van der Waals surface area contributed by atoms with Crippen LogP contribution in [0.5, 0.6) is 5.75 Å². The molecule has 0 aliphatic rings. The molecule has 1 N–H and O–H groups in total. The number of ether oxygens (including phenoxy) is 1. The molecule has 0 radical (unpaired) electrons. The van der Waals surface area contributed by atoms with Crippen molar-refractivity contribution in [3.63, 3.8) is 0 Å². The number of rotatable bonds is 7. The van der Waals surface area contributed by atoms with E-state index in [9.17, 15) is 4.79 Å². The predicted molar refractivity (Wildman–Crippen MR) is 121 cm³/mol. The van der Waals surface area contributed by atoms with Crippen molar-refractivity contribution >= 4 is 46.6 Å². The summed E-state index contributed by atoms with van der Waals surface area (Å²) >= 11 is 13.2. The summed E-state index contributed by atoms with van der Waals surface area (Å²) in [5.74, 6) is 1.70. The fourth-order valence-corrected chi connectivity index (χ4v) is 4.12. The van der Waals surface area contributed by atoms with Crippen molar-refractivity contribution in [2.45, 2.75) is 5.16 Å². The Morgan fingerprint density at radius 1 is 1.13 bits per heavy atom. The van der Waals surface area contributed by atoms with E-state index in [4.69, 9.17) is 32.4 Å². The van der Waals surface area contributed by atoms with Gasteiger partial charge < -0.3 is 14.5 Å². The number of amides is 1. The lowest BCUT2D eigenvalue weighted by atomic mass is 10.3. The first-order valence-electron chi connectivity index (χ1n) is 9.06. The lowest BCUT2D eigenvalue weighted by Crippen LogP contribution is -2.14. The van der Waals surface area contributed by atoms with Crippen LogP contribution in [0.4, 0.5) is 5.69 Å². The molecule has 0 unspecified atom stereocenters. The van der Waals surface area contributed by atoms with Crippen LogP contribution in [0.25, 0.3) is 17.3 Å². The summed E-state index contributed by atoms with van der Waals surface area (Å²) in [6.45, 7) is 0. The number of hydrogen-bond donors (Lipinski definition) is 1. The largest absolute Gasteiger partial charge is 0.497 e. The van der Waals surface area contributed by atoms with Crippen LogP contribution in [0.15, 0.2) is 70.4 Å². The van der Waals surface area contributed by atoms with E-state index in [1.165, 1.54) is 11.8 Å². The fraction of sp³-hybridized carbons (Fsp3) is 0.0952. The third-order valence-corrected chi connectivity index (χ3v) is 5.55. The van der Waals surface area contributed by atoms with Crippen LogP contribution >= 0.6 is 35.0 Å². The minimum atomic E-state index is -0.229. The number of anilines is 1. The summed E-state index contributed by atoms with van der Waals surface area (Å²) in [6, 6.07) is 15.9. The van der Waals surface area contributed by atoms with E-state index in [2.05, 4.69) is 15.5 Å². The Hall–Kier alpha value is -2.94. The number of furan rings is 1. The maximum Gasteiger partial charge on any atom is 0.234 e. The summed E-state index contributed by atoms with van der Waals surface area (Å²) < 4.78 is 12.6. The molecule has 2 aromatic heterocycles. The number of benzene rings is 2. The van der Waals surface area contributed by atoms with Crippen LogP contribution in [0.3, 0.4) is 0 Å². The number of carbonyl (C=O) groups excluding carboxylic acids is 1. The zero-order valence-corrected chi connectivity index (χ0v) is 18.5. The van der Waals surface area contributed by atoms with E-state index in [1.54, 1.807) is 43.7 Å². The van der Waals surface area contributed by atoms with Gasteiger partial charge in [-0.15, -0.1) is 10.2 Å².